The van der Waals surface area contributed by atoms with Gasteiger partial charge in [-0.15, -0.1) is 0 Å². The van der Waals surface area contributed by atoms with Gasteiger partial charge in [-0.25, -0.2) is 0 Å². The third kappa shape index (κ3) is 5.02. The Labute approximate surface area is 163 Å². The van der Waals surface area contributed by atoms with Crippen molar-refractivity contribution >= 4 is 5.69 Å². The van der Waals surface area contributed by atoms with Crippen molar-refractivity contribution in [3.63, 3.8) is 0 Å². The van der Waals surface area contributed by atoms with Crippen LogP contribution >= 0.6 is 0 Å². The average Bonchev–Trinajstić information content (AvgIpc) is 2.67. The first-order valence-electron chi connectivity index (χ1n) is 9.77. The standard InChI is InChI=1S/C23H31N2O2/c1-18-7-6-8-19(2)23(18)25-15-13-24(14-16-25)12-11-21(26)17-20-9-4-5-10-22(20)27-3/h4-10,15,21,26H,11-14,16-17H2,1-3H3. The molecule has 4 nitrogen and oxygen atoms in total. The van der Waals surface area contributed by atoms with Crippen LogP contribution in [0.3, 0.4) is 0 Å². The average molecular weight is 368 g/mol. The van der Waals surface area contributed by atoms with Crippen LogP contribution in [0, 0.1) is 20.4 Å². The molecule has 1 saturated heterocycles. The summed E-state index contributed by atoms with van der Waals surface area (Å²) in [6, 6.07) is 14.4. The van der Waals surface area contributed by atoms with E-state index in [1.165, 1.54) is 16.8 Å². The summed E-state index contributed by atoms with van der Waals surface area (Å²) in [7, 11) is 1.68. The maximum Gasteiger partial charge on any atom is 0.122 e. The fourth-order valence-corrected chi connectivity index (χ4v) is 3.87. The third-order valence-electron chi connectivity index (χ3n) is 5.37. The van der Waals surface area contributed by atoms with Crippen molar-refractivity contribution in [2.24, 2.45) is 0 Å². The Morgan fingerprint density at radius 1 is 1.04 bits per heavy atom. The summed E-state index contributed by atoms with van der Waals surface area (Å²) in [4.78, 5) is 4.79. The fraction of sp³-hybridized carbons (Fsp3) is 0.435. The minimum absolute atomic E-state index is 0.349. The number of hydrogen-bond acceptors (Lipinski definition) is 4. The number of rotatable bonds is 7. The van der Waals surface area contributed by atoms with Crippen molar-refractivity contribution in [2.75, 3.05) is 38.2 Å². The number of methoxy groups -OCH3 is 1. The molecular formula is C23H31N2O2. The smallest absolute Gasteiger partial charge is 0.122 e. The van der Waals surface area contributed by atoms with Crippen LogP contribution in [0.5, 0.6) is 5.75 Å². The molecule has 1 aliphatic heterocycles. The van der Waals surface area contributed by atoms with E-state index in [9.17, 15) is 5.11 Å². The van der Waals surface area contributed by atoms with E-state index >= 15 is 0 Å². The van der Waals surface area contributed by atoms with Crippen LogP contribution in [-0.2, 0) is 6.42 Å². The van der Waals surface area contributed by atoms with Gasteiger partial charge in [0.25, 0.3) is 0 Å². The molecular weight excluding hydrogens is 336 g/mol. The van der Waals surface area contributed by atoms with Crippen molar-refractivity contribution in [1.29, 1.82) is 0 Å². The zero-order valence-corrected chi connectivity index (χ0v) is 16.7. The number of aliphatic hydroxyl groups is 1. The molecule has 2 aromatic carbocycles. The largest absolute Gasteiger partial charge is 0.496 e. The van der Waals surface area contributed by atoms with E-state index in [-0.39, 0.29) is 6.10 Å². The molecule has 27 heavy (non-hydrogen) atoms. The van der Waals surface area contributed by atoms with Gasteiger partial charge in [-0.1, -0.05) is 36.4 Å². The van der Waals surface area contributed by atoms with Gasteiger partial charge in [0.15, 0.2) is 0 Å². The molecule has 1 fully saturated rings. The lowest BCUT2D eigenvalue weighted by Crippen LogP contribution is -2.44. The maximum absolute atomic E-state index is 10.5. The van der Waals surface area contributed by atoms with E-state index in [0.29, 0.717) is 6.42 Å². The molecule has 0 spiro atoms. The SMILES string of the molecule is COc1ccccc1CC(O)CCN1C[CH]N(c2c(C)cccc2C)CC1. The van der Waals surface area contributed by atoms with E-state index in [4.69, 9.17) is 4.74 Å². The van der Waals surface area contributed by atoms with Crippen molar-refractivity contribution in [3.8, 4) is 5.75 Å². The Hall–Kier alpha value is -2.04. The van der Waals surface area contributed by atoms with Gasteiger partial charge in [0.1, 0.15) is 5.75 Å². The van der Waals surface area contributed by atoms with E-state index in [0.717, 1.165) is 43.9 Å². The zero-order chi connectivity index (χ0) is 19.2. The van der Waals surface area contributed by atoms with E-state index in [2.05, 4.69) is 48.4 Å². The zero-order valence-electron chi connectivity index (χ0n) is 16.7. The molecule has 3 rings (SSSR count). The van der Waals surface area contributed by atoms with E-state index < -0.39 is 0 Å². The van der Waals surface area contributed by atoms with Crippen LogP contribution in [0.4, 0.5) is 5.69 Å². The lowest BCUT2D eigenvalue weighted by Gasteiger charge is -2.37. The molecule has 0 saturated carbocycles. The highest BCUT2D eigenvalue weighted by Gasteiger charge is 2.20. The summed E-state index contributed by atoms with van der Waals surface area (Å²) in [5, 5.41) is 10.5. The van der Waals surface area contributed by atoms with Crippen molar-refractivity contribution < 1.29 is 9.84 Å². The number of anilines is 1. The Bertz CT molecular complexity index is 719. The molecule has 145 valence electrons. The fourth-order valence-electron chi connectivity index (χ4n) is 3.87. The Kier molecular flexibility index (Phi) is 6.75. The van der Waals surface area contributed by atoms with Crippen molar-refractivity contribution in [3.05, 3.63) is 65.7 Å². The molecule has 1 atom stereocenters. The summed E-state index contributed by atoms with van der Waals surface area (Å²) in [6.45, 7) is 10.5. The van der Waals surface area contributed by atoms with Crippen LogP contribution < -0.4 is 9.64 Å². The van der Waals surface area contributed by atoms with E-state index in [1.54, 1.807) is 7.11 Å². The van der Waals surface area contributed by atoms with Gasteiger partial charge in [0, 0.05) is 38.3 Å². The quantitative estimate of drug-likeness (QED) is 0.811. The molecule has 4 heteroatoms. The van der Waals surface area contributed by atoms with Crippen LogP contribution in [-0.4, -0.2) is 49.4 Å². The van der Waals surface area contributed by atoms with Gasteiger partial charge in [0.2, 0.25) is 0 Å². The molecule has 0 bridgehead atoms. The first-order valence-corrected chi connectivity index (χ1v) is 9.77. The molecule has 1 radical (unpaired) electrons. The monoisotopic (exact) mass is 367 g/mol. The highest BCUT2D eigenvalue weighted by molar-refractivity contribution is 5.60. The minimum atomic E-state index is -0.349. The second kappa shape index (κ2) is 9.25. The first-order chi connectivity index (χ1) is 13.1. The Balaban J connectivity index is 1.47. The van der Waals surface area contributed by atoms with Crippen LogP contribution in [0.2, 0.25) is 0 Å². The van der Waals surface area contributed by atoms with Gasteiger partial charge in [0.05, 0.1) is 19.8 Å². The topological polar surface area (TPSA) is 35.9 Å². The van der Waals surface area contributed by atoms with Crippen molar-refractivity contribution in [2.45, 2.75) is 32.8 Å². The Morgan fingerprint density at radius 3 is 2.44 bits per heavy atom. The molecule has 0 amide bonds. The molecule has 2 aromatic rings. The summed E-state index contributed by atoms with van der Waals surface area (Å²) < 4.78 is 5.38. The number of para-hydroxylation sites is 2. The highest BCUT2D eigenvalue weighted by atomic mass is 16.5. The molecule has 1 heterocycles. The van der Waals surface area contributed by atoms with Gasteiger partial charge >= 0.3 is 0 Å². The second-order valence-corrected chi connectivity index (χ2v) is 7.38. The lowest BCUT2D eigenvalue weighted by molar-refractivity contribution is 0.140. The highest BCUT2D eigenvalue weighted by Crippen LogP contribution is 2.27. The minimum Gasteiger partial charge on any atom is -0.496 e. The van der Waals surface area contributed by atoms with Gasteiger partial charge < -0.3 is 14.7 Å². The Morgan fingerprint density at radius 2 is 1.78 bits per heavy atom. The summed E-state index contributed by atoms with van der Waals surface area (Å²) in [6.07, 6.45) is 1.06. The van der Waals surface area contributed by atoms with Gasteiger partial charge in [-0.2, -0.15) is 0 Å². The number of aliphatic hydroxyl groups excluding tert-OH is 1. The molecule has 0 aliphatic carbocycles. The molecule has 1 unspecified atom stereocenters. The number of piperazine rings is 1. The number of ether oxygens (including phenoxy) is 1. The van der Waals surface area contributed by atoms with Crippen LogP contribution in [0.15, 0.2) is 42.5 Å². The number of benzene rings is 2. The second-order valence-electron chi connectivity index (χ2n) is 7.38. The predicted molar refractivity (Wildman–Crippen MR) is 111 cm³/mol. The molecule has 0 aromatic heterocycles. The first kappa shape index (κ1) is 19.7. The summed E-state index contributed by atoms with van der Waals surface area (Å²) >= 11 is 0. The van der Waals surface area contributed by atoms with Crippen LogP contribution in [0.1, 0.15) is 23.1 Å². The third-order valence-corrected chi connectivity index (χ3v) is 5.37. The number of aryl methyl sites for hydroxylation is 2. The summed E-state index contributed by atoms with van der Waals surface area (Å²) in [5.41, 5.74) is 5.06. The lowest BCUT2D eigenvalue weighted by atomic mass is 10.0. The number of nitrogens with zero attached hydrogens (tertiary/aromatic N) is 2. The predicted octanol–water partition coefficient (Wildman–Crippen LogP) is 3.59. The molecule has 1 aliphatic rings. The molecule has 1 N–H and O–H groups in total. The van der Waals surface area contributed by atoms with Gasteiger partial charge in [-0.05, 0) is 43.0 Å². The van der Waals surface area contributed by atoms with Gasteiger partial charge in [-0.3, -0.25) is 4.90 Å². The van der Waals surface area contributed by atoms with Crippen molar-refractivity contribution in [1.82, 2.24) is 4.90 Å². The normalized spacial score (nSPS) is 16.4. The summed E-state index contributed by atoms with van der Waals surface area (Å²) in [5.74, 6) is 0.854. The number of hydrogen-bond donors (Lipinski definition) is 1. The maximum atomic E-state index is 10.5. The van der Waals surface area contributed by atoms with Crippen LogP contribution in [0.25, 0.3) is 0 Å². The van der Waals surface area contributed by atoms with E-state index in [1.807, 2.05) is 24.3 Å².